The highest BCUT2D eigenvalue weighted by molar-refractivity contribution is 6.00. The van der Waals surface area contributed by atoms with E-state index in [2.05, 4.69) is 6.92 Å². The van der Waals surface area contributed by atoms with Crippen LogP contribution in [0.15, 0.2) is 18.2 Å². The van der Waals surface area contributed by atoms with Gasteiger partial charge >= 0.3 is 18.1 Å². The molecule has 1 N–H and O–H groups in total. The molecule has 0 radical (unpaired) electrons. The lowest BCUT2D eigenvalue weighted by Gasteiger charge is -2.33. The van der Waals surface area contributed by atoms with E-state index in [1.165, 1.54) is 12.1 Å². The van der Waals surface area contributed by atoms with E-state index < -0.39 is 18.1 Å². The van der Waals surface area contributed by atoms with Gasteiger partial charge in [0.15, 0.2) is 0 Å². The van der Waals surface area contributed by atoms with Crippen LogP contribution in [0.2, 0.25) is 0 Å². The maximum atomic E-state index is 12.5. The normalized spacial score (nSPS) is 15.7. The van der Waals surface area contributed by atoms with Gasteiger partial charge in [-0.2, -0.15) is 13.2 Å². The molecule has 1 heterocycles. The number of hydrogen-bond acceptors (Lipinski definition) is 4. The van der Waals surface area contributed by atoms with Crippen LogP contribution >= 0.6 is 0 Å². The Hall–Kier alpha value is -2.25. The molecule has 144 valence electrons. The lowest BCUT2D eigenvalue weighted by molar-refractivity contribution is -0.167. The second-order valence-corrected chi connectivity index (χ2v) is 6.49. The quantitative estimate of drug-likeness (QED) is 0.794. The molecule has 1 aliphatic heterocycles. The molecule has 0 aliphatic carbocycles. The van der Waals surface area contributed by atoms with Crippen molar-refractivity contribution in [1.82, 2.24) is 0 Å². The lowest BCUT2D eigenvalue weighted by Crippen LogP contribution is -2.34. The number of nitrogens with one attached hydrogen (secondary N) is 1. The Kier molecular flexibility index (Phi) is 6.50. The van der Waals surface area contributed by atoms with Gasteiger partial charge in [-0.05, 0) is 43.4 Å². The Bertz CT molecular complexity index is 654. The van der Waals surface area contributed by atoms with Gasteiger partial charge in [0.05, 0.1) is 17.9 Å². The Morgan fingerprint density at radius 3 is 2.50 bits per heavy atom. The number of benzene rings is 1. The van der Waals surface area contributed by atoms with E-state index in [9.17, 15) is 22.8 Å². The predicted octanol–water partition coefficient (Wildman–Crippen LogP) is 3.99. The summed E-state index contributed by atoms with van der Waals surface area (Å²) in [7, 11) is 0. The zero-order valence-corrected chi connectivity index (χ0v) is 14.9. The molecule has 0 bridgehead atoms. The summed E-state index contributed by atoms with van der Waals surface area (Å²) in [6, 6.07) is 4.17. The largest absolute Gasteiger partial charge is 0.471 e. The monoisotopic (exact) mass is 372 g/mol. The molecular formula is C18H23F3N2O3. The average Bonchev–Trinajstić information content (AvgIpc) is 2.59. The molecule has 0 atom stereocenters. The van der Waals surface area contributed by atoms with Crippen LogP contribution in [0.4, 0.5) is 24.5 Å². The van der Waals surface area contributed by atoms with Gasteiger partial charge in [0.1, 0.15) is 0 Å². The second kappa shape index (κ2) is 8.42. The number of alkyl halides is 3. The summed E-state index contributed by atoms with van der Waals surface area (Å²) in [5.74, 6) is -2.10. The highest BCUT2D eigenvalue weighted by Crippen LogP contribution is 2.30. The van der Waals surface area contributed by atoms with Gasteiger partial charge in [0.25, 0.3) is 0 Å². The fourth-order valence-electron chi connectivity index (χ4n) is 2.78. The van der Waals surface area contributed by atoms with Gasteiger partial charge < -0.3 is 15.0 Å². The van der Waals surface area contributed by atoms with E-state index >= 15 is 0 Å². The fraction of sp³-hybridized carbons (Fsp3) is 0.556. The summed E-state index contributed by atoms with van der Waals surface area (Å²) >= 11 is 0. The number of piperidine rings is 1. The molecule has 0 aromatic heterocycles. The third kappa shape index (κ3) is 5.12. The van der Waals surface area contributed by atoms with Gasteiger partial charge in [-0.15, -0.1) is 0 Å². The Morgan fingerprint density at radius 1 is 1.27 bits per heavy atom. The summed E-state index contributed by atoms with van der Waals surface area (Å²) in [5.41, 5.74) is 0.681. The number of esters is 1. The molecule has 2 rings (SSSR count). The van der Waals surface area contributed by atoms with Gasteiger partial charge in [-0.25, -0.2) is 4.79 Å². The minimum absolute atomic E-state index is 0.0927. The third-order valence-electron chi connectivity index (χ3n) is 4.29. The van der Waals surface area contributed by atoms with Crippen molar-refractivity contribution in [2.24, 2.45) is 5.92 Å². The predicted molar refractivity (Wildman–Crippen MR) is 92.3 cm³/mol. The second-order valence-electron chi connectivity index (χ2n) is 6.49. The van der Waals surface area contributed by atoms with Crippen LogP contribution in [0, 0.1) is 5.92 Å². The minimum atomic E-state index is -5.00. The molecule has 0 spiro atoms. The first-order valence-electron chi connectivity index (χ1n) is 8.66. The number of ether oxygens (including phenoxy) is 1. The minimum Gasteiger partial charge on any atom is -0.462 e. The van der Waals surface area contributed by atoms with Crippen molar-refractivity contribution in [2.75, 3.05) is 29.9 Å². The lowest BCUT2D eigenvalue weighted by atomic mass is 9.98. The van der Waals surface area contributed by atoms with E-state index in [1.54, 1.807) is 11.4 Å². The van der Waals surface area contributed by atoms with Crippen molar-refractivity contribution in [2.45, 2.75) is 39.3 Å². The Balaban J connectivity index is 2.29. The summed E-state index contributed by atoms with van der Waals surface area (Å²) in [5, 5.41) is 1.78. The molecule has 0 saturated carbocycles. The number of halogens is 3. The van der Waals surface area contributed by atoms with Crippen LogP contribution in [0.1, 0.15) is 43.5 Å². The third-order valence-corrected chi connectivity index (χ3v) is 4.29. The average molecular weight is 372 g/mol. The Labute approximate surface area is 150 Å². The number of nitrogens with zero attached hydrogens (tertiary/aromatic N) is 1. The highest BCUT2D eigenvalue weighted by atomic mass is 19.4. The van der Waals surface area contributed by atoms with Gasteiger partial charge in [-0.1, -0.05) is 13.8 Å². The standard InChI is InChI=1S/C18H23F3N2O3/c1-3-10-26-16(24)14-11-13(22-17(25)18(19,20)21)4-5-15(14)23-8-6-12(2)7-9-23/h4-5,11-12H,3,6-10H2,1-2H3,(H,22,25). The first-order valence-corrected chi connectivity index (χ1v) is 8.66. The molecule has 1 aromatic carbocycles. The van der Waals surface area contributed by atoms with Gasteiger partial charge in [-0.3, -0.25) is 4.79 Å². The summed E-state index contributed by atoms with van der Waals surface area (Å²) in [6.45, 7) is 5.73. The SMILES string of the molecule is CCCOC(=O)c1cc(NC(=O)C(F)(F)F)ccc1N1CCC(C)CC1. The van der Waals surface area contributed by atoms with E-state index in [0.29, 0.717) is 18.0 Å². The molecule has 1 saturated heterocycles. The molecule has 5 nitrogen and oxygen atoms in total. The van der Waals surface area contributed by atoms with E-state index in [4.69, 9.17) is 4.74 Å². The number of rotatable bonds is 5. The van der Waals surface area contributed by atoms with Crippen LogP contribution in [0.3, 0.4) is 0 Å². The topological polar surface area (TPSA) is 58.6 Å². The van der Waals surface area contributed by atoms with Gasteiger partial charge in [0.2, 0.25) is 0 Å². The zero-order valence-electron chi connectivity index (χ0n) is 14.9. The van der Waals surface area contributed by atoms with Crippen LogP contribution in [-0.4, -0.2) is 37.7 Å². The maximum absolute atomic E-state index is 12.5. The molecule has 1 aliphatic rings. The highest BCUT2D eigenvalue weighted by Gasteiger charge is 2.38. The molecule has 1 fully saturated rings. The van der Waals surface area contributed by atoms with Crippen LogP contribution < -0.4 is 10.2 Å². The molecular weight excluding hydrogens is 349 g/mol. The maximum Gasteiger partial charge on any atom is 0.471 e. The van der Waals surface area contributed by atoms with Crippen molar-refractivity contribution in [1.29, 1.82) is 0 Å². The zero-order chi connectivity index (χ0) is 19.3. The van der Waals surface area contributed by atoms with Crippen molar-refractivity contribution >= 4 is 23.3 Å². The summed E-state index contributed by atoms with van der Waals surface area (Å²) in [6.07, 6.45) is -2.43. The van der Waals surface area contributed by atoms with Crippen molar-refractivity contribution in [3.63, 3.8) is 0 Å². The molecule has 1 aromatic rings. The summed E-state index contributed by atoms with van der Waals surface area (Å²) in [4.78, 5) is 25.6. The van der Waals surface area contributed by atoms with Gasteiger partial charge in [0, 0.05) is 18.8 Å². The van der Waals surface area contributed by atoms with Crippen molar-refractivity contribution < 1.29 is 27.5 Å². The van der Waals surface area contributed by atoms with Crippen molar-refractivity contribution in [3.05, 3.63) is 23.8 Å². The number of amides is 1. The van der Waals surface area contributed by atoms with E-state index in [1.807, 2.05) is 11.8 Å². The number of carbonyl (C=O) groups excluding carboxylic acids is 2. The molecule has 8 heteroatoms. The van der Waals surface area contributed by atoms with Crippen LogP contribution in [0.5, 0.6) is 0 Å². The Morgan fingerprint density at radius 2 is 1.92 bits per heavy atom. The van der Waals surface area contributed by atoms with Crippen molar-refractivity contribution in [3.8, 4) is 0 Å². The number of carbonyl (C=O) groups is 2. The first kappa shape index (κ1) is 20.1. The van der Waals surface area contributed by atoms with Crippen LogP contribution in [-0.2, 0) is 9.53 Å². The first-order chi connectivity index (χ1) is 12.2. The fourth-order valence-corrected chi connectivity index (χ4v) is 2.78. The van der Waals surface area contributed by atoms with E-state index in [0.717, 1.165) is 25.9 Å². The molecule has 26 heavy (non-hydrogen) atoms. The smallest absolute Gasteiger partial charge is 0.462 e. The molecule has 0 unspecified atom stereocenters. The number of hydrogen-bond donors (Lipinski definition) is 1. The van der Waals surface area contributed by atoms with Crippen LogP contribution in [0.25, 0.3) is 0 Å². The van der Waals surface area contributed by atoms with E-state index in [-0.39, 0.29) is 17.9 Å². The number of anilines is 2. The summed E-state index contributed by atoms with van der Waals surface area (Å²) < 4.78 is 42.5. The molecule has 1 amide bonds.